The number of aryl methyl sites for hydroxylation is 2. The number of rotatable bonds is 5. The molecule has 8 heteroatoms. The van der Waals surface area contributed by atoms with E-state index in [1.54, 1.807) is 0 Å². The largest absolute Gasteiger partial charge is 0.360 e. The molecule has 3 N–H and O–H groups in total. The topological polar surface area (TPSA) is 51.7 Å². The molecule has 3 aromatic rings. The number of pyridine rings is 1. The number of anilines is 3. The third-order valence-electron chi connectivity index (χ3n) is 5.27. The van der Waals surface area contributed by atoms with Crippen molar-refractivity contribution in [1.29, 1.82) is 0 Å². The Balaban J connectivity index is 1.37. The number of piperazine rings is 1. The maximum absolute atomic E-state index is 5.56. The Morgan fingerprint density at radius 1 is 1.14 bits per heavy atom. The summed E-state index contributed by atoms with van der Waals surface area (Å²) < 4.78 is 2.78. The lowest BCUT2D eigenvalue weighted by Crippen LogP contribution is -3.14. The summed E-state index contributed by atoms with van der Waals surface area (Å²) >= 11 is 7.09. The second-order valence-electron chi connectivity index (χ2n) is 7.25. The molecule has 0 amide bonds. The molecule has 1 aromatic carbocycles. The Kier molecular flexibility index (Phi) is 5.70. The van der Waals surface area contributed by atoms with E-state index in [4.69, 9.17) is 17.3 Å². The van der Waals surface area contributed by atoms with E-state index in [0.29, 0.717) is 0 Å². The van der Waals surface area contributed by atoms with Crippen LogP contribution in [0.2, 0.25) is 0 Å². The Morgan fingerprint density at radius 2 is 1.89 bits per heavy atom. The van der Waals surface area contributed by atoms with Gasteiger partial charge in [0.2, 0.25) is 5.13 Å². The van der Waals surface area contributed by atoms with E-state index in [0.717, 1.165) is 47.6 Å². The molecule has 2 aromatic heterocycles. The molecule has 0 unspecified atom stereocenters. The van der Waals surface area contributed by atoms with Crippen molar-refractivity contribution in [3.8, 4) is 0 Å². The first-order chi connectivity index (χ1) is 13.6. The molecule has 3 heterocycles. The van der Waals surface area contributed by atoms with Crippen molar-refractivity contribution in [1.82, 2.24) is 9.78 Å². The van der Waals surface area contributed by atoms with Gasteiger partial charge in [-0.25, -0.2) is 4.98 Å². The average Bonchev–Trinajstić information content (AvgIpc) is 3.05. The molecule has 1 aliphatic heterocycles. The van der Waals surface area contributed by atoms with Gasteiger partial charge in [-0.2, -0.15) is 4.68 Å². The van der Waals surface area contributed by atoms with Gasteiger partial charge in [0.25, 0.3) is 0 Å². The standard InChI is InChI=1S/C20H24N6S2/c1-15-3-4-17(13-16(15)2)22-19-23-26(20(27)28-19)14-24-9-11-25(12-10-24)18-5-7-21-8-6-18/h3-8,13H,9-12,14H2,1-2H3,(H,22,23)/p+2. The van der Waals surface area contributed by atoms with Crippen molar-refractivity contribution in [2.24, 2.45) is 0 Å². The maximum atomic E-state index is 5.56. The summed E-state index contributed by atoms with van der Waals surface area (Å²) in [7, 11) is 0. The summed E-state index contributed by atoms with van der Waals surface area (Å²) in [6.45, 7) is 9.32. The molecule has 0 bridgehead atoms. The third kappa shape index (κ3) is 4.40. The van der Waals surface area contributed by atoms with Crippen molar-refractivity contribution in [2.45, 2.75) is 20.5 Å². The number of nitrogens with zero attached hydrogens (tertiary/aromatic N) is 3. The van der Waals surface area contributed by atoms with Gasteiger partial charge < -0.3 is 15.1 Å². The molecular weight excluding hydrogens is 388 g/mol. The number of hydrogen-bond acceptors (Lipinski definition) is 5. The zero-order chi connectivity index (χ0) is 19.5. The summed E-state index contributed by atoms with van der Waals surface area (Å²) in [5.41, 5.74) is 4.90. The summed E-state index contributed by atoms with van der Waals surface area (Å²) in [4.78, 5) is 7.03. The summed E-state index contributed by atoms with van der Waals surface area (Å²) in [5.74, 6) is 0. The number of aromatic nitrogens is 3. The predicted molar refractivity (Wildman–Crippen MR) is 116 cm³/mol. The van der Waals surface area contributed by atoms with Gasteiger partial charge in [-0.15, -0.1) is 5.10 Å². The molecule has 28 heavy (non-hydrogen) atoms. The van der Waals surface area contributed by atoms with E-state index in [1.807, 2.05) is 17.1 Å². The molecule has 0 atom stereocenters. The minimum absolute atomic E-state index is 0.819. The molecular formula is C20H26N6S2+2. The van der Waals surface area contributed by atoms with Crippen LogP contribution in [0.1, 0.15) is 11.1 Å². The SMILES string of the molecule is Cc1ccc(Nc2nn(C[NH+]3CCN(c4cc[nH+]cc4)CC3)c(=S)s2)cc1C. The van der Waals surface area contributed by atoms with Crippen LogP contribution in [0.25, 0.3) is 0 Å². The number of nitrogens with one attached hydrogen (secondary N) is 3. The quantitative estimate of drug-likeness (QED) is 0.629. The molecule has 0 radical (unpaired) electrons. The van der Waals surface area contributed by atoms with Gasteiger partial charge in [-0.3, -0.25) is 0 Å². The Labute approximate surface area is 174 Å². The number of H-pyrrole nitrogens is 1. The molecule has 0 aliphatic carbocycles. The lowest BCUT2D eigenvalue weighted by molar-refractivity contribution is -0.924. The summed E-state index contributed by atoms with van der Waals surface area (Å²) in [6.07, 6.45) is 3.96. The van der Waals surface area contributed by atoms with E-state index in [-0.39, 0.29) is 0 Å². The van der Waals surface area contributed by atoms with Crippen LogP contribution < -0.4 is 20.1 Å². The summed E-state index contributed by atoms with van der Waals surface area (Å²) in [5, 5.41) is 8.96. The highest BCUT2D eigenvalue weighted by Gasteiger charge is 2.21. The van der Waals surface area contributed by atoms with Gasteiger partial charge in [0.05, 0.1) is 26.2 Å². The Morgan fingerprint density at radius 3 is 2.61 bits per heavy atom. The average molecular weight is 415 g/mol. The van der Waals surface area contributed by atoms with E-state index in [9.17, 15) is 0 Å². The van der Waals surface area contributed by atoms with Crippen LogP contribution in [0.5, 0.6) is 0 Å². The van der Waals surface area contributed by atoms with E-state index < -0.39 is 0 Å². The number of hydrogen-bond donors (Lipinski definition) is 2. The van der Waals surface area contributed by atoms with Crippen molar-refractivity contribution in [3.05, 3.63) is 57.8 Å². The van der Waals surface area contributed by atoms with Gasteiger partial charge in [0.1, 0.15) is 0 Å². The first-order valence-corrected chi connectivity index (χ1v) is 10.8. The van der Waals surface area contributed by atoms with Gasteiger partial charge in [-0.1, -0.05) is 17.4 Å². The minimum Gasteiger partial charge on any atom is -0.360 e. The molecule has 1 fully saturated rings. The number of aromatic amines is 1. The first-order valence-electron chi connectivity index (χ1n) is 9.55. The van der Waals surface area contributed by atoms with Gasteiger partial charge in [-0.05, 0) is 49.3 Å². The van der Waals surface area contributed by atoms with Crippen molar-refractivity contribution in [3.63, 3.8) is 0 Å². The molecule has 146 valence electrons. The smallest absolute Gasteiger partial charge is 0.209 e. The highest BCUT2D eigenvalue weighted by Crippen LogP contribution is 2.22. The normalized spacial score (nSPS) is 15.0. The van der Waals surface area contributed by atoms with Crippen molar-refractivity contribution in [2.75, 3.05) is 36.4 Å². The van der Waals surface area contributed by atoms with Crippen molar-refractivity contribution < 1.29 is 9.88 Å². The number of quaternary nitrogens is 1. The Hall–Kier alpha value is -2.29. The van der Waals surface area contributed by atoms with E-state index >= 15 is 0 Å². The second kappa shape index (κ2) is 8.38. The minimum atomic E-state index is 0.819. The zero-order valence-corrected chi connectivity index (χ0v) is 17.9. The van der Waals surface area contributed by atoms with Gasteiger partial charge in [0.15, 0.2) is 23.0 Å². The first kappa shape index (κ1) is 19.0. The van der Waals surface area contributed by atoms with E-state index in [1.165, 1.54) is 33.1 Å². The van der Waals surface area contributed by atoms with Gasteiger partial charge >= 0.3 is 0 Å². The van der Waals surface area contributed by atoms with Crippen molar-refractivity contribution >= 4 is 40.1 Å². The molecule has 1 aliphatic rings. The van der Waals surface area contributed by atoms with Crippen LogP contribution in [0, 0.1) is 17.8 Å². The maximum Gasteiger partial charge on any atom is 0.209 e. The van der Waals surface area contributed by atoms with E-state index in [2.05, 4.69) is 59.4 Å². The lowest BCUT2D eigenvalue weighted by Gasteiger charge is -2.33. The predicted octanol–water partition coefficient (Wildman–Crippen LogP) is 2.21. The monoisotopic (exact) mass is 414 g/mol. The lowest BCUT2D eigenvalue weighted by atomic mass is 10.1. The van der Waals surface area contributed by atoms with Crippen LogP contribution in [0.15, 0.2) is 42.7 Å². The molecule has 0 saturated carbocycles. The third-order valence-corrected chi connectivity index (χ3v) is 6.50. The molecule has 4 rings (SSSR count). The fraction of sp³-hybridized carbons (Fsp3) is 0.350. The zero-order valence-electron chi connectivity index (χ0n) is 16.2. The Bertz CT molecular complexity index is 989. The highest BCUT2D eigenvalue weighted by atomic mass is 32.1. The fourth-order valence-corrected chi connectivity index (χ4v) is 4.47. The fourth-order valence-electron chi connectivity index (χ4n) is 3.44. The van der Waals surface area contributed by atoms with Crippen LogP contribution in [0.3, 0.4) is 0 Å². The van der Waals surface area contributed by atoms with Crippen LogP contribution in [-0.2, 0) is 6.67 Å². The number of benzene rings is 1. The highest BCUT2D eigenvalue weighted by molar-refractivity contribution is 7.73. The van der Waals surface area contributed by atoms with Crippen LogP contribution in [-0.4, -0.2) is 36.0 Å². The second-order valence-corrected chi connectivity index (χ2v) is 8.87. The van der Waals surface area contributed by atoms with Crippen LogP contribution >= 0.6 is 23.6 Å². The summed E-state index contributed by atoms with van der Waals surface area (Å²) in [6, 6.07) is 10.6. The van der Waals surface area contributed by atoms with Gasteiger partial charge in [0, 0.05) is 23.5 Å². The molecule has 6 nitrogen and oxygen atoms in total. The molecule has 0 spiro atoms. The van der Waals surface area contributed by atoms with Crippen LogP contribution in [0.4, 0.5) is 16.5 Å². The molecule has 1 saturated heterocycles.